The number of rotatable bonds is 3. The quantitative estimate of drug-likeness (QED) is 0.917. The zero-order chi connectivity index (χ0) is 14.0. The summed E-state index contributed by atoms with van der Waals surface area (Å²) in [6.07, 6.45) is 6.78. The maximum absolute atomic E-state index is 13.2. The van der Waals surface area contributed by atoms with Crippen LogP contribution in [0.3, 0.4) is 0 Å². The zero-order valence-corrected chi connectivity index (χ0v) is 11.9. The van der Waals surface area contributed by atoms with E-state index < -0.39 is 6.10 Å². The van der Waals surface area contributed by atoms with E-state index in [-0.39, 0.29) is 17.3 Å². The maximum atomic E-state index is 13.2. The van der Waals surface area contributed by atoms with Crippen LogP contribution in [0.1, 0.15) is 44.1 Å². The summed E-state index contributed by atoms with van der Waals surface area (Å²) in [6.45, 7) is 0.755. The van der Waals surface area contributed by atoms with E-state index in [1.807, 2.05) is 6.07 Å². The van der Waals surface area contributed by atoms with Crippen molar-refractivity contribution in [2.75, 3.05) is 6.61 Å². The van der Waals surface area contributed by atoms with E-state index in [9.17, 15) is 9.50 Å². The molecule has 3 heteroatoms. The van der Waals surface area contributed by atoms with Gasteiger partial charge in [0.2, 0.25) is 0 Å². The van der Waals surface area contributed by atoms with Crippen molar-refractivity contribution in [2.45, 2.75) is 56.7 Å². The Morgan fingerprint density at radius 2 is 2.15 bits per heavy atom. The molecule has 3 rings (SSSR count). The minimum atomic E-state index is -0.391. The molecule has 0 amide bonds. The lowest BCUT2D eigenvalue weighted by Crippen LogP contribution is -2.41. The summed E-state index contributed by atoms with van der Waals surface area (Å²) in [6, 6.07) is 6.56. The van der Waals surface area contributed by atoms with Gasteiger partial charge >= 0.3 is 0 Å². The third-order valence-corrected chi connectivity index (χ3v) is 4.92. The fourth-order valence-corrected chi connectivity index (χ4v) is 3.83. The molecule has 1 heterocycles. The van der Waals surface area contributed by atoms with Gasteiger partial charge in [-0.3, -0.25) is 0 Å². The van der Waals surface area contributed by atoms with Crippen molar-refractivity contribution in [1.82, 2.24) is 0 Å². The number of halogens is 1. The molecule has 110 valence electrons. The molecule has 2 unspecified atom stereocenters. The van der Waals surface area contributed by atoms with Gasteiger partial charge in [0.05, 0.1) is 11.7 Å². The number of ether oxygens (including phenoxy) is 1. The van der Waals surface area contributed by atoms with E-state index in [1.165, 1.54) is 25.0 Å². The van der Waals surface area contributed by atoms with Crippen LogP contribution in [0, 0.1) is 11.7 Å². The summed E-state index contributed by atoms with van der Waals surface area (Å²) in [5.41, 5.74) is 0.913. The largest absolute Gasteiger partial charge is 0.392 e. The fourth-order valence-electron chi connectivity index (χ4n) is 3.83. The molecule has 1 saturated carbocycles. The molecule has 1 aliphatic heterocycles. The van der Waals surface area contributed by atoms with Gasteiger partial charge in [-0.1, -0.05) is 25.0 Å². The van der Waals surface area contributed by atoms with Crippen LogP contribution in [-0.2, 0) is 11.2 Å². The standard InChI is InChI=1S/C17H23FO2/c18-15-5-3-4-13(10-15)11-16(19)14-6-9-20-17(12-14)7-1-2-8-17/h3-5,10,14,16,19H,1-2,6-9,11-12H2. The molecule has 0 radical (unpaired) electrons. The van der Waals surface area contributed by atoms with Crippen LogP contribution in [0.5, 0.6) is 0 Å². The van der Waals surface area contributed by atoms with Crippen molar-refractivity contribution >= 4 is 0 Å². The average molecular weight is 278 g/mol. The highest BCUT2D eigenvalue weighted by Gasteiger charge is 2.41. The average Bonchev–Trinajstić information content (AvgIpc) is 2.87. The van der Waals surface area contributed by atoms with Crippen LogP contribution < -0.4 is 0 Å². The Bertz CT molecular complexity index is 454. The predicted molar refractivity (Wildman–Crippen MR) is 76.0 cm³/mol. The first-order valence-corrected chi connectivity index (χ1v) is 7.73. The fraction of sp³-hybridized carbons (Fsp3) is 0.647. The lowest BCUT2D eigenvalue weighted by molar-refractivity contribution is -0.112. The summed E-state index contributed by atoms with van der Waals surface area (Å²) in [5, 5.41) is 10.5. The predicted octanol–water partition coefficient (Wildman–Crippen LogP) is 3.47. The van der Waals surface area contributed by atoms with Crippen LogP contribution in [0.4, 0.5) is 4.39 Å². The highest BCUT2D eigenvalue weighted by atomic mass is 19.1. The van der Waals surface area contributed by atoms with Crippen molar-refractivity contribution in [3.8, 4) is 0 Å². The van der Waals surface area contributed by atoms with Gasteiger partial charge in [-0.05, 0) is 55.7 Å². The first-order chi connectivity index (χ1) is 9.67. The Balaban J connectivity index is 1.63. The topological polar surface area (TPSA) is 29.5 Å². The minimum Gasteiger partial charge on any atom is -0.392 e. The van der Waals surface area contributed by atoms with Gasteiger partial charge in [0.15, 0.2) is 0 Å². The second-order valence-electron chi connectivity index (χ2n) is 6.39. The van der Waals surface area contributed by atoms with Gasteiger partial charge in [-0.15, -0.1) is 0 Å². The molecule has 2 nitrogen and oxygen atoms in total. The van der Waals surface area contributed by atoms with Gasteiger partial charge in [-0.2, -0.15) is 0 Å². The number of hydrogen-bond acceptors (Lipinski definition) is 2. The number of aliphatic hydroxyl groups excluding tert-OH is 1. The van der Waals surface area contributed by atoms with E-state index in [2.05, 4.69) is 0 Å². The monoisotopic (exact) mass is 278 g/mol. The molecule has 1 aromatic carbocycles. The Kier molecular flexibility index (Phi) is 4.08. The first-order valence-electron chi connectivity index (χ1n) is 7.73. The van der Waals surface area contributed by atoms with Gasteiger partial charge in [-0.25, -0.2) is 4.39 Å². The molecule has 20 heavy (non-hydrogen) atoms. The maximum Gasteiger partial charge on any atom is 0.123 e. The van der Waals surface area contributed by atoms with Crippen molar-refractivity contribution in [2.24, 2.45) is 5.92 Å². The summed E-state index contributed by atoms with van der Waals surface area (Å²) in [7, 11) is 0. The second-order valence-corrected chi connectivity index (χ2v) is 6.39. The smallest absolute Gasteiger partial charge is 0.123 e. The molecule has 2 atom stereocenters. The molecule has 0 bridgehead atoms. The molecule has 2 fully saturated rings. The molecule has 0 aromatic heterocycles. The Labute approximate surface area is 120 Å². The molecular weight excluding hydrogens is 255 g/mol. The van der Waals surface area contributed by atoms with Gasteiger partial charge in [0.25, 0.3) is 0 Å². The first kappa shape index (κ1) is 14.0. The van der Waals surface area contributed by atoms with Crippen molar-refractivity contribution in [3.63, 3.8) is 0 Å². The molecule has 2 aliphatic rings. The molecular formula is C17H23FO2. The third-order valence-electron chi connectivity index (χ3n) is 4.92. The second kappa shape index (κ2) is 5.82. The number of aliphatic hydroxyl groups is 1. The summed E-state index contributed by atoms with van der Waals surface area (Å²) in [4.78, 5) is 0. The number of benzene rings is 1. The van der Waals surface area contributed by atoms with Crippen LogP contribution in [0.2, 0.25) is 0 Å². The van der Waals surface area contributed by atoms with Crippen LogP contribution in [0.25, 0.3) is 0 Å². The van der Waals surface area contributed by atoms with E-state index in [1.54, 1.807) is 6.07 Å². The molecule has 1 aromatic rings. The minimum absolute atomic E-state index is 0.0336. The zero-order valence-electron chi connectivity index (χ0n) is 11.9. The summed E-state index contributed by atoms with van der Waals surface area (Å²) >= 11 is 0. The van der Waals surface area contributed by atoms with Crippen molar-refractivity contribution in [3.05, 3.63) is 35.6 Å². The van der Waals surface area contributed by atoms with E-state index in [4.69, 9.17) is 4.74 Å². The molecule has 1 saturated heterocycles. The summed E-state index contributed by atoms with van der Waals surface area (Å²) < 4.78 is 19.2. The lowest BCUT2D eigenvalue weighted by atomic mass is 9.80. The van der Waals surface area contributed by atoms with Crippen molar-refractivity contribution in [1.29, 1.82) is 0 Å². The van der Waals surface area contributed by atoms with Gasteiger partial charge in [0, 0.05) is 6.61 Å². The van der Waals surface area contributed by atoms with E-state index in [0.717, 1.165) is 37.9 Å². The van der Waals surface area contributed by atoms with E-state index in [0.29, 0.717) is 6.42 Å². The Morgan fingerprint density at radius 1 is 1.35 bits per heavy atom. The van der Waals surface area contributed by atoms with Crippen LogP contribution >= 0.6 is 0 Å². The van der Waals surface area contributed by atoms with Crippen LogP contribution in [0.15, 0.2) is 24.3 Å². The SMILES string of the molecule is OC(Cc1cccc(F)c1)C1CCOC2(CCCC2)C1. The molecule has 1 aliphatic carbocycles. The lowest BCUT2D eigenvalue weighted by Gasteiger charge is -2.40. The highest BCUT2D eigenvalue weighted by Crippen LogP contribution is 2.43. The van der Waals surface area contributed by atoms with Crippen molar-refractivity contribution < 1.29 is 14.2 Å². The van der Waals surface area contributed by atoms with Gasteiger partial charge < -0.3 is 9.84 Å². The van der Waals surface area contributed by atoms with Gasteiger partial charge in [0.1, 0.15) is 5.82 Å². The van der Waals surface area contributed by atoms with Crippen LogP contribution in [-0.4, -0.2) is 23.4 Å². The number of hydrogen-bond donors (Lipinski definition) is 1. The van der Waals surface area contributed by atoms with E-state index >= 15 is 0 Å². The summed E-state index contributed by atoms with van der Waals surface area (Å²) in [5.74, 6) is 0.0547. The molecule has 1 N–H and O–H groups in total. The third kappa shape index (κ3) is 3.04. The Morgan fingerprint density at radius 3 is 2.90 bits per heavy atom. The normalized spacial score (nSPS) is 26.8. The Hall–Kier alpha value is -0.930. The highest BCUT2D eigenvalue weighted by molar-refractivity contribution is 5.17. The molecule has 1 spiro atoms.